The number of carbonyl (C=O) groups excluding carboxylic acids is 3. The fraction of sp³-hybridized carbons (Fsp3) is 0.481. The van der Waals surface area contributed by atoms with Gasteiger partial charge in [0.05, 0.1) is 67.3 Å². The van der Waals surface area contributed by atoms with E-state index in [9.17, 15) is 24.3 Å². The number of aromatic nitrogens is 4. The Bertz CT molecular complexity index is 2640. The Morgan fingerprint density at radius 3 is 1.61 bits per heavy atom. The van der Waals surface area contributed by atoms with Gasteiger partial charge < -0.3 is 49.3 Å². The Labute approximate surface area is 416 Å². The third-order valence-corrected chi connectivity index (χ3v) is 14.9. The van der Waals surface area contributed by atoms with Gasteiger partial charge >= 0.3 is 12.2 Å². The monoisotopic (exact) mass is 972 g/mol. The van der Waals surface area contributed by atoms with Crippen LogP contribution in [0, 0.1) is 0 Å². The van der Waals surface area contributed by atoms with Crippen molar-refractivity contribution in [1.29, 1.82) is 0 Å². The molecular weight excluding hydrogens is 903 g/mol. The number of amides is 4. The number of hydrogen-bond acceptors (Lipinski definition) is 10. The van der Waals surface area contributed by atoms with E-state index in [1.807, 2.05) is 12.4 Å². The van der Waals surface area contributed by atoms with Crippen LogP contribution in [0.3, 0.4) is 0 Å². The number of alkyl carbamates (subject to hydrolysis) is 1. The van der Waals surface area contributed by atoms with Gasteiger partial charge in [-0.15, -0.1) is 0 Å². The van der Waals surface area contributed by atoms with E-state index >= 15 is 0 Å². The molecule has 5 heterocycles. The van der Waals surface area contributed by atoms with Crippen molar-refractivity contribution in [3.63, 3.8) is 0 Å². The first-order valence-electron chi connectivity index (χ1n) is 24.7. The van der Waals surface area contributed by atoms with Crippen molar-refractivity contribution in [2.24, 2.45) is 0 Å². The molecule has 5 aromatic rings. The summed E-state index contributed by atoms with van der Waals surface area (Å²) in [4.78, 5) is 75.4. The van der Waals surface area contributed by atoms with Crippen LogP contribution in [0.4, 0.5) is 15.3 Å². The lowest BCUT2D eigenvalue weighted by atomic mass is 9.87. The summed E-state index contributed by atoms with van der Waals surface area (Å²) in [6, 6.07) is 24.1. The predicted molar refractivity (Wildman–Crippen MR) is 270 cm³/mol. The van der Waals surface area contributed by atoms with Crippen molar-refractivity contribution in [3.8, 4) is 22.5 Å². The van der Waals surface area contributed by atoms with Gasteiger partial charge in [0.15, 0.2) is 0 Å². The molecule has 4 N–H and O–H groups in total. The Morgan fingerprint density at radius 2 is 1.17 bits per heavy atom. The molecule has 8 atom stereocenters. The average molecular weight is 972 g/mol. The first-order valence-corrected chi connectivity index (χ1v) is 24.7. The molecule has 0 radical (unpaired) electrons. The molecule has 0 saturated carbocycles. The first-order chi connectivity index (χ1) is 34.0. The van der Waals surface area contributed by atoms with E-state index in [0.717, 1.165) is 65.2 Å². The number of ether oxygens (including phenoxy) is 3. The van der Waals surface area contributed by atoms with E-state index < -0.39 is 36.5 Å². The predicted octanol–water partition coefficient (Wildman–Crippen LogP) is 8.95. The van der Waals surface area contributed by atoms with Crippen LogP contribution >= 0.6 is 0 Å². The van der Waals surface area contributed by atoms with Gasteiger partial charge in [-0.25, -0.2) is 19.6 Å². The number of nitrogens with one attached hydrogen (secondary N) is 3. The first kappa shape index (κ1) is 50.7. The Hall–Kier alpha value is -6.72. The number of nitrogens with zero attached hydrogens (tertiary/aromatic N) is 6. The minimum absolute atomic E-state index is 0.0129. The second-order valence-corrected chi connectivity index (χ2v) is 20.1. The lowest BCUT2D eigenvalue weighted by Gasteiger charge is -2.34. The second-order valence-electron chi connectivity index (χ2n) is 20.1. The Kier molecular flexibility index (Phi) is 15.2. The van der Waals surface area contributed by atoms with Crippen molar-refractivity contribution in [2.45, 2.75) is 127 Å². The van der Waals surface area contributed by atoms with Gasteiger partial charge in [-0.1, -0.05) is 81.4 Å². The highest BCUT2D eigenvalue weighted by atomic mass is 16.5. The largest absolute Gasteiger partial charge is 0.465 e. The summed E-state index contributed by atoms with van der Waals surface area (Å²) in [6.07, 6.45) is 5.48. The number of methoxy groups -OCH3 is 3. The summed E-state index contributed by atoms with van der Waals surface area (Å²) in [7, 11) is 5.65. The van der Waals surface area contributed by atoms with Gasteiger partial charge in [0.25, 0.3) is 0 Å². The molecule has 2 aromatic heterocycles. The highest BCUT2D eigenvalue weighted by Crippen LogP contribution is 2.48. The van der Waals surface area contributed by atoms with Crippen LogP contribution in [0.25, 0.3) is 22.5 Å². The second kappa shape index (κ2) is 21.3. The molecule has 3 saturated heterocycles. The SMILES string of the molecule is COC(=O)N[C@@H](C(=O)N1CCC[C@H]1c1ncc(-c2ccc([C@@H]3CC[C@@H](c4ccc(-c5cnc([C@@H]6CCCN6C(=O)[C@H]([C@H](C)OC)N(C)C(=O)O)[nH]5)cc4)N3c3ccc(C(C)(C)C)cc3)cc2)[nH]1)[C@H](C)OC. The zero-order valence-corrected chi connectivity index (χ0v) is 42.3. The van der Waals surface area contributed by atoms with Crippen molar-refractivity contribution < 1.29 is 38.5 Å². The third-order valence-electron chi connectivity index (χ3n) is 14.9. The number of imidazole rings is 2. The number of H-pyrrole nitrogens is 2. The minimum atomic E-state index is -1.19. The number of benzene rings is 3. The molecule has 3 aliphatic heterocycles. The van der Waals surface area contributed by atoms with Crippen LogP contribution in [-0.2, 0) is 29.2 Å². The molecule has 3 fully saturated rings. The molecular formula is C54H69N9O8. The summed E-state index contributed by atoms with van der Waals surface area (Å²) in [5.41, 5.74) is 8.50. The van der Waals surface area contributed by atoms with Crippen LogP contribution in [0.2, 0.25) is 0 Å². The zero-order chi connectivity index (χ0) is 50.7. The number of anilines is 1. The van der Waals surface area contributed by atoms with Crippen LogP contribution in [0.5, 0.6) is 0 Å². The van der Waals surface area contributed by atoms with E-state index in [2.05, 4.69) is 114 Å². The number of rotatable bonds is 15. The molecule has 0 bridgehead atoms. The van der Waals surface area contributed by atoms with Crippen molar-refractivity contribution in [1.82, 2.24) is 40.0 Å². The van der Waals surface area contributed by atoms with Gasteiger partial charge in [0.1, 0.15) is 23.7 Å². The highest BCUT2D eigenvalue weighted by Gasteiger charge is 2.42. The van der Waals surface area contributed by atoms with Gasteiger partial charge in [-0.2, -0.15) is 0 Å². The number of hydrogen-bond donors (Lipinski definition) is 4. The van der Waals surface area contributed by atoms with Crippen LogP contribution < -0.4 is 10.2 Å². The average Bonchev–Trinajstić information content (AvgIpc) is 4.25. The summed E-state index contributed by atoms with van der Waals surface area (Å²) < 4.78 is 15.7. The zero-order valence-electron chi connectivity index (χ0n) is 42.3. The highest BCUT2D eigenvalue weighted by molar-refractivity contribution is 5.87. The smallest absolute Gasteiger partial charge is 0.407 e. The lowest BCUT2D eigenvalue weighted by molar-refractivity contribution is -0.141. The van der Waals surface area contributed by atoms with Crippen molar-refractivity contribution in [3.05, 3.63) is 114 Å². The van der Waals surface area contributed by atoms with Gasteiger partial charge in [0.2, 0.25) is 11.8 Å². The molecule has 0 unspecified atom stereocenters. The number of likely N-dealkylation sites (tertiary alicyclic amines) is 2. The van der Waals surface area contributed by atoms with Crippen LogP contribution in [0.1, 0.15) is 126 Å². The number of carboxylic acid groups (broad SMARTS) is 1. The normalized spacial score (nSPS) is 20.9. The molecule has 378 valence electrons. The quantitative estimate of drug-likeness (QED) is 0.0781. The molecule has 8 rings (SSSR count). The topological polar surface area (TPSA) is 199 Å². The van der Waals surface area contributed by atoms with Gasteiger partial charge in [-0.05, 0) is 97.7 Å². The molecule has 17 heteroatoms. The maximum atomic E-state index is 13.9. The van der Waals surface area contributed by atoms with Crippen LogP contribution in [0.15, 0.2) is 85.2 Å². The van der Waals surface area contributed by atoms with Gasteiger partial charge in [-0.3, -0.25) is 14.5 Å². The lowest BCUT2D eigenvalue weighted by Crippen LogP contribution is -2.54. The van der Waals surface area contributed by atoms with Crippen LogP contribution in [-0.4, -0.2) is 130 Å². The van der Waals surface area contributed by atoms with Gasteiger partial charge in [0, 0.05) is 40.0 Å². The fourth-order valence-corrected chi connectivity index (χ4v) is 10.6. The number of carbonyl (C=O) groups is 4. The van der Waals surface area contributed by atoms with E-state index in [0.29, 0.717) is 31.2 Å². The molecule has 4 amide bonds. The number of aromatic amines is 2. The minimum Gasteiger partial charge on any atom is -0.465 e. The summed E-state index contributed by atoms with van der Waals surface area (Å²) in [5, 5.41) is 12.4. The Morgan fingerprint density at radius 1 is 0.690 bits per heavy atom. The van der Waals surface area contributed by atoms with E-state index in [1.54, 1.807) is 23.6 Å². The summed E-state index contributed by atoms with van der Waals surface area (Å²) in [6.45, 7) is 11.2. The van der Waals surface area contributed by atoms with E-state index in [4.69, 9.17) is 24.2 Å². The molecule has 71 heavy (non-hydrogen) atoms. The van der Waals surface area contributed by atoms with Crippen molar-refractivity contribution in [2.75, 3.05) is 46.4 Å². The molecule has 17 nitrogen and oxygen atoms in total. The molecule has 3 aromatic carbocycles. The third kappa shape index (κ3) is 10.5. The standard InChI is InChI=1S/C54H69N9O8/c1-32(69-7)46(59-52(66)71-9)50(64)61-28-10-12-44(61)48-55-30-40(57-48)34-14-18-36(19-15-34)42-26-27-43(63(42)39-24-22-38(23-25-39)54(3,4)5)37-20-16-35(17-21-37)41-31-56-49(58-41)45-13-11-29-62(45)51(65)47(33(2)70-8)60(6)53(67)68/h14-25,30-33,42-47H,10-13,26-29H2,1-9H3,(H,55,57)(H,56,58)(H,59,66)(H,67,68)/t32-,33-,42-,43-,44-,45-,46+,47-/m0/s1. The summed E-state index contributed by atoms with van der Waals surface area (Å²) in [5.74, 6) is 0.821. The van der Waals surface area contributed by atoms with E-state index in [1.165, 1.54) is 45.1 Å². The Balaban J connectivity index is 1.01. The maximum Gasteiger partial charge on any atom is 0.407 e. The number of likely N-dealkylation sites (N-methyl/N-ethyl adjacent to an activating group) is 1. The fourth-order valence-electron chi connectivity index (χ4n) is 10.6. The molecule has 0 aliphatic carbocycles. The summed E-state index contributed by atoms with van der Waals surface area (Å²) >= 11 is 0. The molecule has 0 spiro atoms. The van der Waals surface area contributed by atoms with Crippen molar-refractivity contribution >= 4 is 29.7 Å². The van der Waals surface area contributed by atoms with E-state index in [-0.39, 0.29) is 41.4 Å². The molecule has 3 aliphatic rings. The maximum absolute atomic E-state index is 13.9.